The van der Waals surface area contributed by atoms with E-state index in [1.54, 1.807) is 10.8 Å². The zero-order valence-corrected chi connectivity index (χ0v) is 11.7. The number of halogens is 1. The SMILES string of the molecule is O=c1sc2cc(Br)ccc2n1Cc1ccccn1. The Morgan fingerprint density at radius 3 is 2.94 bits per heavy atom. The Hall–Kier alpha value is -1.46. The molecule has 0 radical (unpaired) electrons. The van der Waals surface area contributed by atoms with Crippen molar-refractivity contribution in [2.24, 2.45) is 0 Å². The molecule has 3 aromatic rings. The van der Waals surface area contributed by atoms with Crippen molar-refractivity contribution in [3.63, 3.8) is 0 Å². The minimum atomic E-state index is 0.0498. The van der Waals surface area contributed by atoms with E-state index in [9.17, 15) is 4.79 Å². The van der Waals surface area contributed by atoms with Crippen molar-refractivity contribution in [2.45, 2.75) is 6.54 Å². The molecule has 1 aromatic carbocycles. The highest BCUT2D eigenvalue weighted by atomic mass is 79.9. The normalized spacial score (nSPS) is 10.9. The summed E-state index contributed by atoms with van der Waals surface area (Å²) < 4.78 is 3.74. The van der Waals surface area contributed by atoms with Gasteiger partial charge >= 0.3 is 4.87 Å². The lowest BCUT2D eigenvalue weighted by Crippen LogP contribution is -2.14. The van der Waals surface area contributed by atoms with Gasteiger partial charge in [0, 0.05) is 10.7 Å². The van der Waals surface area contributed by atoms with E-state index in [2.05, 4.69) is 20.9 Å². The Labute approximate surface area is 116 Å². The lowest BCUT2D eigenvalue weighted by molar-refractivity contribution is 0.789. The van der Waals surface area contributed by atoms with Crippen LogP contribution in [0.25, 0.3) is 10.2 Å². The van der Waals surface area contributed by atoms with Crippen LogP contribution in [0, 0.1) is 0 Å². The summed E-state index contributed by atoms with van der Waals surface area (Å²) >= 11 is 4.68. The maximum atomic E-state index is 12.0. The fraction of sp³-hybridized carbons (Fsp3) is 0.0769. The second-order valence-corrected chi connectivity index (χ2v) is 5.80. The molecule has 2 heterocycles. The Balaban J connectivity index is 2.12. The minimum absolute atomic E-state index is 0.0498. The monoisotopic (exact) mass is 320 g/mol. The highest BCUT2D eigenvalue weighted by molar-refractivity contribution is 9.10. The van der Waals surface area contributed by atoms with Gasteiger partial charge in [0.25, 0.3) is 0 Å². The van der Waals surface area contributed by atoms with Gasteiger partial charge in [0.15, 0.2) is 0 Å². The second-order valence-electron chi connectivity index (χ2n) is 3.89. The summed E-state index contributed by atoms with van der Waals surface area (Å²) in [7, 11) is 0. The quantitative estimate of drug-likeness (QED) is 0.726. The lowest BCUT2D eigenvalue weighted by Gasteiger charge is -2.02. The standard InChI is InChI=1S/C13H9BrN2OS/c14-9-4-5-11-12(7-9)18-13(17)16(11)8-10-3-1-2-6-15-10/h1-7H,8H2. The number of thiazole rings is 1. The summed E-state index contributed by atoms with van der Waals surface area (Å²) in [5, 5.41) is 0. The van der Waals surface area contributed by atoms with Crippen molar-refractivity contribution in [1.82, 2.24) is 9.55 Å². The molecule has 0 fully saturated rings. The third-order valence-electron chi connectivity index (χ3n) is 2.68. The van der Waals surface area contributed by atoms with Crippen LogP contribution in [0.15, 0.2) is 51.9 Å². The van der Waals surface area contributed by atoms with Crippen molar-refractivity contribution in [3.05, 3.63) is 62.4 Å². The summed E-state index contributed by atoms with van der Waals surface area (Å²) in [6, 6.07) is 11.6. The van der Waals surface area contributed by atoms with Crippen LogP contribution in [-0.4, -0.2) is 9.55 Å². The number of benzene rings is 1. The summed E-state index contributed by atoms with van der Waals surface area (Å²) in [5.41, 5.74) is 1.85. The highest BCUT2D eigenvalue weighted by Crippen LogP contribution is 2.22. The summed E-state index contributed by atoms with van der Waals surface area (Å²) in [6.45, 7) is 0.515. The third kappa shape index (κ3) is 2.11. The molecule has 18 heavy (non-hydrogen) atoms. The molecule has 0 atom stereocenters. The van der Waals surface area contributed by atoms with E-state index in [1.807, 2.05) is 36.4 Å². The fourth-order valence-electron chi connectivity index (χ4n) is 1.84. The number of hydrogen-bond donors (Lipinski definition) is 0. The number of nitrogens with zero attached hydrogens (tertiary/aromatic N) is 2. The zero-order chi connectivity index (χ0) is 12.5. The van der Waals surface area contributed by atoms with Crippen molar-refractivity contribution < 1.29 is 0 Å². The van der Waals surface area contributed by atoms with E-state index in [1.165, 1.54) is 11.3 Å². The highest BCUT2D eigenvalue weighted by Gasteiger charge is 2.08. The molecule has 0 saturated carbocycles. The number of aromatic nitrogens is 2. The first-order valence-electron chi connectivity index (χ1n) is 5.43. The predicted octanol–water partition coefficient (Wildman–Crippen LogP) is 3.27. The Kier molecular flexibility index (Phi) is 3.01. The van der Waals surface area contributed by atoms with Gasteiger partial charge in [-0.1, -0.05) is 33.3 Å². The summed E-state index contributed by atoms with van der Waals surface area (Å²) in [6.07, 6.45) is 1.74. The van der Waals surface area contributed by atoms with Gasteiger partial charge in [0.05, 0.1) is 22.5 Å². The summed E-state index contributed by atoms with van der Waals surface area (Å²) in [4.78, 5) is 16.3. The van der Waals surface area contributed by atoms with E-state index < -0.39 is 0 Å². The zero-order valence-electron chi connectivity index (χ0n) is 9.34. The van der Waals surface area contributed by atoms with E-state index in [0.29, 0.717) is 6.54 Å². The molecule has 5 heteroatoms. The first-order valence-corrected chi connectivity index (χ1v) is 7.04. The Morgan fingerprint density at radius 2 is 2.17 bits per heavy atom. The molecular weight excluding hydrogens is 312 g/mol. The molecule has 2 aromatic heterocycles. The third-order valence-corrected chi connectivity index (χ3v) is 4.11. The van der Waals surface area contributed by atoms with Crippen LogP contribution in [0.3, 0.4) is 0 Å². The van der Waals surface area contributed by atoms with Gasteiger partial charge in [-0.25, -0.2) is 0 Å². The Bertz CT molecular complexity index is 749. The molecule has 3 nitrogen and oxygen atoms in total. The minimum Gasteiger partial charge on any atom is -0.293 e. The Morgan fingerprint density at radius 1 is 1.28 bits per heavy atom. The molecule has 0 aliphatic rings. The van der Waals surface area contributed by atoms with Gasteiger partial charge in [-0.3, -0.25) is 14.3 Å². The van der Waals surface area contributed by atoms with Crippen LogP contribution in [0.4, 0.5) is 0 Å². The van der Waals surface area contributed by atoms with Crippen LogP contribution in [0.2, 0.25) is 0 Å². The van der Waals surface area contributed by atoms with Crippen molar-refractivity contribution in [2.75, 3.05) is 0 Å². The van der Waals surface area contributed by atoms with Crippen LogP contribution in [0.5, 0.6) is 0 Å². The number of pyridine rings is 1. The number of hydrogen-bond acceptors (Lipinski definition) is 3. The van der Waals surface area contributed by atoms with Crippen LogP contribution >= 0.6 is 27.3 Å². The maximum absolute atomic E-state index is 12.0. The van der Waals surface area contributed by atoms with E-state index >= 15 is 0 Å². The van der Waals surface area contributed by atoms with Gasteiger partial charge in [-0.05, 0) is 30.3 Å². The van der Waals surface area contributed by atoms with Crippen LogP contribution < -0.4 is 4.87 Å². The molecular formula is C13H9BrN2OS. The average Bonchev–Trinajstić information content (AvgIpc) is 2.66. The molecule has 0 bridgehead atoms. The molecule has 0 N–H and O–H groups in total. The number of rotatable bonds is 2. The van der Waals surface area contributed by atoms with E-state index in [0.717, 1.165) is 20.4 Å². The van der Waals surface area contributed by atoms with Gasteiger partial charge in [0.1, 0.15) is 0 Å². The molecule has 90 valence electrons. The first-order chi connectivity index (χ1) is 8.74. The lowest BCUT2D eigenvalue weighted by atomic mass is 10.3. The summed E-state index contributed by atoms with van der Waals surface area (Å²) in [5.74, 6) is 0. The van der Waals surface area contributed by atoms with Crippen LogP contribution in [0.1, 0.15) is 5.69 Å². The number of fused-ring (bicyclic) bond motifs is 1. The molecule has 0 amide bonds. The van der Waals surface area contributed by atoms with Gasteiger partial charge in [-0.15, -0.1) is 0 Å². The van der Waals surface area contributed by atoms with Crippen LogP contribution in [-0.2, 0) is 6.54 Å². The molecule has 3 rings (SSSR count). The molecule has 0 aliphatic carbocycles. The smallest absolute Gasteiger partial charge is 0.293 e. The van der Waals surface area contributed by atoms with Crippen molar-refractivity contribution in [1.29, 1.82) is 0 Å². The van der Waals surface area contributed by atoms with Crippen molar-refractivity contribution >= 4 is 37.5 Å². The van der Waals surface area contributed by atoms with Gasteiger partial charge in [0.2, 0.25) is 0 Å². The molecule has 0 spiro atoms. The average molecular weight is 321 g/mol. The predicted molar refractivity (Wildman–Crippen MR) is 77.1 cm³/mol. The molecule has 0 saturated heterocycles. The van der Waals surface area contributed by atoms with E-state index in [-0.39, 0.29) is 4.87 Å². The largest absolute Gasteiger partial charge is 0.308 e. The second kappa shape index (κ2) is 4.66. The first kappa shape index (κ1) is 11.6. The van der Waals surface area contributed by atoms with E-state index in [4.69, 9.17) is 0 Å². The molecule has 0 unspecified atom stereocenters. The topological polar surface area (TPSA) is 34.9 Å². The van der Waals surface area contributed by atoms with Crippen molar-refractivity contribution in [3.8, 4) is 0 Å². The maximum Gasteiger partial charge on any atom is 0.308 e. The van der Waals surface area contributed by atoms with Gasteiger partial charge < -0.3 is 0 Å². The fourth-order valence-corrected chi connectivity index (χ4v) is 3.29. The molecule has 0 aliphatic heterocycles. The van der Waals surface area contributed by atoms with Gasteiger partial charge in [-0.2, -0.15) is 0 Å².